The maximum atomic E-state index is 12.4. The molecule has 25 heavy (non-hydrogen) atoms. The molecule has 1 unspecified atom stereocenters. The molecule has 8 heteroatoms. The number of piperidine rings is 2. The van der Waals surface area contributed by atoms with Gasteiger partial charge in [0.1, 0.15) is 5.75 Å². The summed E-state index contributed by atoms with van der Waals surface area (Å²) in [5.74, 6) is 0.439. The van der Waals surface area contributed by atoms with Crippen LogP contribution in [0, 0.1) is 10.1 Å². The Bertz CT molecular complexity index is 661. The van der Waals surface area contributed by atoms with E-state index in [0.29, 0.717) is 19.5 Å². The van der Waals surface area contributed by atoms with Gasteiger partial charge in [0, 0.05) is 44.2 Å². The third-order valence-electron chi connectivity index (χ3n) is 4.71. The van der Waals surface area contributed by atoms with E-state index in [0.717, 1.165) is 32.2 Å². The summed E-state index contributed by atoms with van der Waals surface area (Å²) in [7, 11) is 0. The van der Waals surface area contributed by atoms with Crippen LogP contribution >= 0.6 is 0 Å². The number of nitro benzene ring substituents is 1. The number of carbonyl (C=O) groups is 2. The van der Waals surface area contributed by atoms with Gasteiger partial charge in [0.25, 0.3) is 5.69 Å². The van der Waals surface area contributed by atoms with Crippen molar-refractivity contribution < 1.29 is 19.2 Å². The summed E-state index contributed by atoms with van der Waals surface area (Å²) < 4.78 is 5.31. The number of rotatable bonds is 3. The molecular weight excluding hydrogens is 326 g/mol. The maximum absolute atomic E-state index is 12.4. The zero-order valence-electron chi connectivity index (χ0n) is 13.9. The lowest BCUT2D eigenvalue weighted by molar-refractivity contribution is -0.384. The lowest BCUT2D eigenvalue weighted by atomic mass is 10.0. The van der Waals surface area contributed by atoms with Crippen LogP contribution in [-0.2, 0) is 4.79 Å². The number of nitrogens with zero attached hydrogens (tertiary/aromatic N) is 3. The fourth-order valence-electron chi connectivity index (χ4n) is 3.39. The molecule has 0 aliphatic carbocycles. The van der Waals surface area contributed by atoms with E-state index in [-0.39, 0.29) is 23.4 Å². The smallest absolute Gasteiger partial charge is 0.410 e. The summed E-state index contributed by atoms with van der Waals surface area (Å²) in [4.78, 5) is 38.1. The monoisotopic (exact) mass is 347 g/mol. The molecule has 0 radical (unpaired) electrons. The van der Waals surface area contributed by atoms with E-state index in [1.807, 2.05) is 4.90 Å². The minimum atomic E-state index is -0.504. The summed E-state index contributed by atoms with van der Waals surface area (Å²) >= 11 is 0. The summed E-state index contributed by atoms with van der Waals surface area (Å²) in [6.07, 6.45) is 3.77. The fraction of sp³-hybridized carbons (Fsp3) is 0.529. The van der Waals surface area contributed by atoms with Crippen LogP contribution in [0.4, 0.5) is 10.5 Å². The molecule has 134 valence electrons. The van der Waals surface area contributed by atoms with Crippen LogP contribution in [0.1, 0.15) is 32.1 Å². The molecule has 0 aromatic heterocycles. The van der Waals surface area contributed by atoms with E-state index in [1.165, 1.54) is 24.3 Å². The van der Waals surface area contributed by atoms with Gasteiger partial charge in [-0.1, -0.05) is 0 Å². The molecule has 2 amide bonds. The van der Waals surface area contributed by atoms with Gasteiger partial charge in [-0.15, -0.1) is 0 Å². The lowest BCUT2D eigenvalue weighted by Crippen LogP contribution is -2.53. The van der Waals surface area contributed by atoms with Gasteiger partial charge in [-0.3, -0.25) is 14.9 Å². The molecule has 3 rings (SSSR count). The van der Waals surface area contributed by atoms with E-state index in [1.54, 1.807) is 4.90 Å². The van der Waals surface area contributed by atoms with Gasteiger partial charge in [-0.2, -0.15) is 0 Å². The second-order valence-electron chi connectivity index (χ2n) is 6.41. The third-order valence-corrected chi connectivity index (χ3v) is 4.71. The first-order valence-electron chi connectivity index (χ1n) is 8.55. The molecule has 2 aliphatic rings. The van der Waals surface area contributed by atoms with Gasteiger partial charge in [-0.25, -0.2) is 4.79 Å². The second kappa shape index (κ2) is 7.50. The van der Waals surface area contributed by atoms with Crippen molar-refractivity contribution in [2.75, 3.05) is 19.6 Å². The molecular formula is C17H21N3O5. The SMILES string of the molecule is O=C(Oc1ccc([N+](=O)[O-])cc1)N1CCCC(N2CCCCC2=O)C1. The van der Waals surface area contributed by atoms with Crippen LogP contribution in [0.25, 0.3) is 0 Å². The van der Waals surface area contributed by atoms with Crippen molar-refractivity contribution in [2.45, 2.75) is 38.1 Å². The average Bonchev–Trinajstić information content (AvgIpc) is 2.62. The Morgan fingerprint density at radius 1 is 1.16 bits per heavy atom. The molecule has 2 saturated heterocycles. The predicted octanol–water partition coefficient (Wildman–Crippen LogP) is 2.57. The standard InChI is InChI=1S/C17H21N3O5/c21-16-5-1-2-11-19(16)14-4-3-10-18(12-14)17(22)25-15-8-6-13(7-9-15)20(23)24/h6-9,14H,1-5,10-12H2. The van der Waals surface area contributed by atoms with E-state index in [2.05, 4.69) is 0 Å². The maximum Gasteiger partial charge on any atom is 0.415 e. The zero-order chi connectivity index (χ0) is 17.8. The number of nitro groups is 1. The van der Waals surface area contributed by atoms with Crippen LogP contribution in [0.3, 0.4) is 0 Å². The highest BCUT2D eigenvalue weighted by molar-refractivity contribution is 5.77. The number of hydrogen-bond donors (Lipinski definition) is 0. The largest absolute Gasteiger partial charge is 0.415 e. The number of likely N-dealkylation sites (tertiary alicyclic amines) is 2. The molecule has 0 spiro atoms. The fourth-order valence-corrected chi connectivity index (χ4v) is 3.39. The van der Waals surface area contributed by atoms with Crippen LogP contribution in [0.15, 0.2) is 24.3 Å². The Labute approximate surface area is 145 Å². The number of non-ortho nitro benzene ring substituents is 1. The van der Waals surface area contributed by atoms with Crippen LogP contribution < -0.4 is 4.74 Å². The predicted molar refractivity (Wildman–Crippen MR) is 89.3 cm³/mol. The minimum Gasteiger partial charge on any atom is -0.410 e. The molecule has 0 saturated carbocycles. The average molecular weight is 347 g/mol. The van der Waals surface area contributed by atoms with Gasteiger partial charge < -0.3 is 14.5 Å². The lowest BCUT2D eigenvalue weighted by Gasteiger charge is -2.40. The zero-order valence-corrected chi connectivity index (χ0v) is 13.9. The van der Waals surface area contributed by atoms with Gasteiger partial charge in [0.15, 0.2) is 0 Å². The van der Waals surface area contributed by atoms with Gasteiger partial charge in [0.05, 0.1) is 4.92 Å². The second-order valence-corrected chi connectivity index (χ2v) is 6.41. The van der Waals surface area contributed by atoms with Crippen LogP contribution in [0.5, 0.6) is 5.75 Å². The number of hydrogen-bond acceptors (Lipinski definition) is 5. The molecule has 2 heterocycles. The highest BCUT2D eigenvalue weighted by Crippen LogP contribution is 2.23. The van der Waals surface area contributed by atoms with Crippen molar-refractivity contribution in [3.63, 3.8) is 0 Å². The molecule has 2 aliphatic heterocycles. The van der Waals surface area contributed by atoms with Crippen molar-refractivity contribution in [3.05, 3.63) is 34.4 Å². The molecule has 0 bridgehead atoms. The third kappa shape index (κ3) is 4.07. The summed E-state index contributed by atoms with van der Waals surface area (Å²) in [6, 6.07) is 5.46. The van der Waals surface area contributed by atoms with Crippen LogP contribution in [0.2, 0.25) is 0 Å². The first-order chi connectivity index (χ1) is 12.0. The molecule has 8 nitrogen and oxygen atoms in total. The molecule has 1 aromatic carbocycles. The number of carbonyl (C=O) groups excluding carboxylic acids is 2. The molecule has 1 aromatic rings. The van der Waals surface area contributed by atoms with E-state index in [9.17, 15) is 19.7 Å². The van der Waals surface area contributed by atoms with Crippen molar-refractivity contribution in [1.82, 2.24) is 9.80 Å². The Balaban J connectivity index is 1.59. The number of amides is 2. The summed E-state index contributed by atoms with van der Waals surface area (Å²) in [5, 5.41) is 10.7. The summed E-state index contributed by atoms with van der Waals surface area (Å²) in [6.45, 7) is 1.82. The van der Waals surface area contributed by atoms with Crippen molar-refractivity contribution >= 4 is 17.7 Å². The minimum absolute atomic E-state index is 0.0472. The van der Waals surface area contributed by atoms with Gasteiger partial charge in [0.2, 0.25) is 5.91 Å². The number of ether oxygens (including phenoxy) is 1. The van der Waals surface area contributed by atoms with Crippen LogP contribution in [-0.4, -0.2) is 52.4 Å². The first kappa shape index (κ1) is 17.2. The molecule has 0 N–H and O–H groups in total. The molecule has 2 fully saturated rings. The Morgan fingerprint density at radius 2 is 1.92 bits per heavy atom. The highest BCUT2D eigenvalue weighted by Gasteiger charge is 2.32. The Morgan fingerprint density at radius 3 is 2.60 bits per heavy atom. The normalized spacial score (nSPS) is 21.1. The number of benzene rings is 1. The van der Waals surface area contributed by atoms with E-state index < -0.39 is 11.0 Å². The first-order valence-corrected chi connectivity index (χ1v) is 8.55. The Kier molecular flexibility index (Phi) is 5.16. The van der Waals surface area contributed by atoms with E-state index in [4.69, 9.17) is 4.74 Å². The quantitative estimate of drug-likeness (QED) is 0.619. The van der Waals surface area contributed by atoms with Gasteiger partial charge >= 0.3 is 6.09 Å². The van der Waals surface area contributed by atoms with Crippen molar-refractivity contribution in [3.8, 4) is 5.75 Å². The van der Waals surface area contributed by atoms with Crippen molar-refractivity contribution in [2.24, 2.45) is 0 Å². The topological polar surface area (TPSA) is 93.0 Å². The Hall–Kier alpha value is -2.64. The van der Waals surface area contributed by atoms with Crippen molar-refractivity contribution in [1.29, 1.82) is 0 Å². The van der Waals surface area contributed by atoms with E-state index >= 15 is 0 Å². The highest BCUT2D eigenvalue weighted by atomic mass is 16.6. The van der Waals surface area contributed by atoms with Gasteiger partial charge in [-0.05, 0) is 37.8 Å². The summed E-state index contributed by atoms with van der Waals surface area (Å²) in [5.41, 5.74) is -0.0542. The molecule has 1 atom stereocenters.